The van der Waals surface area contributed by atoms with Crippen molar-refractivity contribution in [1.29, 1.82) is 0 Å². The molecule has 1 aliphatic carbocycles. The first-order valence-electron chi connectivity index (χ1n) is 7.89. The Bertz CT molecular complexity index is 881. The predicted molar refractivity (Wildman–Crippen MR) is 98.2 cm³/mol. The minimum absolute atomic E-state index is 0.0577. The fourth-order valence-corrected chi connectivity index (χ4v) is 3.32. The molecule has 0 saturated heterocycles. The van der Waals surface area contributed by atoms with Crippen LogP contribution in [0.5, 0.6) is 0 Å². The number of aromatic nitrogens is 1. The van der Waals surface area contributed by atoms with Crippen LogP contribution in [0, 0.1) is 11.8 Å². The van der Waals surface area contributed by atoms with Crippen LogP contribution in [0.25, 0.3) is 0 Å². The first kappa shape index (κ1) is 18.4. The number of carbonyl (C=O) groups is 3. The zero-order chi connectivity index (χ0) is 18.8. The van der Waals surface area contributed by atoms with E-state index in [0.717, 1.165) is 0 Å². The molecule has 0 bridgehead atoms. The molecule has 1 fully saturated rings. The van der Waals surface area contributed by atoms with Gasteiger partial charge in [-0.1, -0.05) is 29.3 Å². The van der Waals surface area contributed by atoms with Crippen LogP contribution < -0.4 is 11.1 Å². The molecule has 2 aromatic rings. The molecule has 3 rings (SSSR count). The lowest BCUT2D eigenvalue weighted by molar-refractivity contribution is -0.123. The molecule has 8 heteroatoms. The van der Waals surface area contributed by atoms with Crippen molar-refractivity contribution in [1.82, 2.24) is 4.98 Å². The summed E-state index contributed by atoms with van der Waals surface area (Å²) in [4.78, 5) is 39.7. The summed E-state index contributed by atoms with van der Waals surface area (Å²) in [6, 6.07) is 8.13. The number of nitrogens with two attached hydrogens (primary N) is 1. The number of pyridine rings is 1. The molecule has 1 heterocycles. The highest BCUT2D eigenvalue weighted by Crippen LogP contribution is 2.38. The van der Waals surface area contributed by atoms with E-state index in [1.807, 2.05) is 0 Å². The van der Waals surface area contributed by atoms with Gasteiger partial charge in [-0.25, -0.2) is 4.98 Å². The van der Waals surface area contributed by atoms with Gasteiger partial charge in [-0.05, 0) is 36.2 Å². The van der Waals surface area contributed by atoms with Crippen molar-refractivity contribution in [2.45, 2.75) is 12.8 Å². The fraction of sp³-hybridized carbons (Fsp3) is 0.222. The van der Waals surface area contributed by atoms with E-state index in [1.165, 1.54) is 6.20 Å². The van der Waals surface area contributed by atoms with Gasteiger partial charge in [0.1, 0.15) is 5.82 Å². The lowest BCUT2D eigenvalue weighted by atomic mass is 10.0. The number of rotatable bonds is 6. The van der Waals surface area contributed by atoms with Crippen molar-refractivity contribution in [2.75, 3.05) is 5.32 Å². The molecule has 0 unspecified atom stereocenters. The molecule has 0 spiro atoms. The molecule has 3 N–H and O–H groups in total. The Morgan fingerprint density at radius 3 is 2.46 bits per heavy atom. The van der Waals surface area contributed by atoms with E-state index in [4.69, 9.17) is 28.9 Å². The number of Topliss-reactive ketones (excluding diaryl/α,β-unsaturated/α-hetero) is 1. The third-order valence-electron chi connectivity index (χ3n) is 4.17. The summed E-state index contributed by atoms with van der Waals surface area (Å²) in [6.07, 6.45) is 2.00. The number of amides is 2. The third kappa shape index (κ3) is 4.03. The van der Waals surface area contributed by atoms with Crippen LogP contribution >= 0.6 is 23.2 Å². The SMILES string of the molecule is NC(=O)[C@H]1C[C@H]1C(=O)Nc1cc(CC(=O)c2c(Cl)cccc2Cl)ccn1. The maximum Gasteiger partial charge on any atom is 0.229 e. The van der Waals surface area contributed by atoms with Crippen molar-refractivity contribution in [3.8, 4) is 0 Å². The summed E-state index contributed by atoms with van der Waals surface area (Å²) >= 11 is 12.1. The van der Waals surface area contributed by atoms with Gasteiger partial charge in [0.15, 0.2) is 5.78 Å². The number of primary amides is 1. The molecule has 2 atom stereocenters. The molecule has 1 saturated carbocycles. The zero-order valence-electron chi connectivity index (χ0n) is 13.5. The van der Waals surface area contributed by atoms with Gasteiger partial charge < -0.3 is 11.1 Å². The summed E-state index contributed by atoms with van der Waals surface area (Å²) in [5, 5.41) is 3.22. The molecule has 2 amide bonds. The monoisotopic (exact) mass is 391 g/mol. The molecule has 1 aromatic heterocycles. The minimum Gasteiger partial charge on any atom is -0.369 e. The number of anilines is 1. The maximum absolute atomic E-state index is 12.5. The molecule has 134 valence electrons. The van der Waals surface area contributed by atoms with Crippen molar-refractivity contribution < 1.29 is 14.4 Å². The van der Waals surface area contributed by atoms with Crippen LogP contribution in [0.3, 0.4) is 0 Å². The van der Waals surface area contributed by atoms with Crippen LogP contribution in [0.2, 0.25) is 10.0 Å². The second-order valence-electron chi connectivity index (χ2n) is 6.09. The Labute approximate surface area is 159 Å². The van der Waals surface area contributed by atoms with Crippen LogP contribution in [0.1, 0.15) is 22.3 Å². The first-order valence-corrected chi connectivity index (χ1v) is 8.64. The van der Waals surface area contributed by atoms with Crippen molar-refractivity contribution >= 4 is 46.6 Å². The van der Waals surface area contributed by atoms with Crippen LogP contribution in [0.4, 0.5) is 5.82 Å². The fourth-order valence-electron chi connectivity index (χ4n) is 2.71. The summed E-state index contributed by atoms with van der Waals surface area (Å²) < 4.78 is 0. The summed E-state index contributed by atoms with van der Waals surface area (Å²) in [5.41, 5.74) is 6.10. The van der Waals surface area contributed by atoms with Gasteiger partial charge in [0.25, 0.3) is 0 Å². The number of ketones is 1. The van der Waals surface area contributed by atoms with E-state index < -0.39 is 17.7 Å². The van der Waals surface area contributed by atoms with Crippen LogP contribution in [-0.2, 0) is 16.0 Å². The normalized spacial score (nSPS) is 18.2. The van der Waals surface area contributed by atoms with Gasteiger partial charge >= 0.3 is 0 Å². The van der Waals surface area contributed by atoms with Gasteiger partial charge in [0.2, 0.25) is 11.8 Å². The van der Waals surface area contributed by atoms with E-state index in [9.17, 15) is 14.4 Å². The van der Waals surface area contributed by atoms with E-state index in [-0.39, 0.29) is 33.7 Å². The molecule has 1 aliphatic rings. The number of hydrogen-bond acceptors (Lipinski definition) is 4. The number of halogens is 2. The Kier molecular flexibility index (Phi) is 5.25. The molecule has 1 aromatic carbocycles. The van der Waals surface area contributed by atoms with E-state index in [1.54, 1.807) is 30.3 Å². The smallest absolute Gasteiger partial charge is 0.229 e. The largest absolute Gasteiger partial charge is 0.369 e. The number of benzene rings is 1. The quantitative estimate of drug-likeness (QED) is 0.738. The number of nitrogens with one attached hydrogen (secondary N) is 1. The lowest BCUT2D eigenvalue weighted by Gasteiger charge is -2.08. The molecule has 0 radical (unpaired) electrons. The minimum atomic E-state index is -0.478. The number of nitrogens with zero attached hydrogens (tertiary/aromatic N) is 1. The van der Waals surface area contributed by atoms with E-state index >= 15 is 0 Å². The van der Waals surface area contributed by atoms with Gasteiger partial charge in [-0.2, -0.15) is 0 Å². The van der Waals surface area contributed by atoms with Gasteiger partial charge in [-0.3, -0.25) is 14.4 Å². The van der Waals surface area contributed by atoms with Crippen molar-refractivity contribution in [3.63, 3.8) is 0 Å². The number of hydrogen-bond donors (Lipinski definition) is 2. The predicted octanol–water partition coefficient (Wildman–Crippen LogP) is 2.87. The highest BCUT2D eigenvalue weighted by atomic mass is 35.5. The zero-order valence-corrected chi connectivity index (χ0v) is 15.1. The molecule has 6 nitrogen and oxygen atoms in total. The van der Waals surface area contributed by atoms with Gasteiger partial charge in [0, 0.05) is 12.6 Å². The van der Waals surface area contributed by atoms with Gasteiger partial charge in [-0.15, -0.1) is 0 Å². The Morgan fingerprint density at radius 2 is 1.85 bits per heavy atom. The first-order chi connectivity index (χ1) is 12.4. The van der Waals surface area contributed by atoms with Crippen LogP contribution in [-0.4, -0.2) is 22.6 Å². The topological polar surface area (TPSA) is 102 Å². The maximum atomic E-state index is 12.5. The third-order valence-corrected chi connectivity index (χ3v) is 4.80. The van der Waals surface area contributed by atoms with Gasteiger partial charge in [0.05, 0.1) is 27.4 Å². The average Bonchev–Trinajstić information content (AvgIpc) is 3.36. The van der Waals surface area contributed by atoms with Crippen molar-refractivity contribution in [3.05, 3.63) is 57.7 Å². The molecular weight excluding hydrogens is 377 g/mol. The van der Waals surface area contributed by atoms with Crippen LogP contribution in [0.15, 0.2) is 36.5 Å². The molecular formula is C18H15Cl2N3O3. The highest BCUT2D eigenvalue weighted by molar-refractivity contribution is 6.39. The van der Waals surface area contributed by atoms with E-state index in [2.05, 4.69) is 10.3 Å². The molecule has 0 aliphatic heterocycles. The summed E-state index contributed by atoms with van der Waals surface area (Å²) in [7, 11) is 0. The highest BCUT2D eigenvalue weighted by Gasteiger charge is 2.47. The number of carbonyl (C=O) groups excluding carboxylic acids is 3. The van der Waals surface area contributed by atoms with Crippen molar-refractivity contribution in [2.24, 2.45) is 17.6 Å². The molecule has 26 heavy (non-hydrogen) atoms. The average molecular weight is 392 g/mol. The standard InChI is InChI=1S/C18H15Cl2N3O3/c19-12-2-1-3-13(20)16(12)14(24)6-9-4-5-22-15(7-9)23-18(26)11-8-10(11)17(21)25/h1-5,7,10-11H,6,8H2,(H2,21,25)(H,22,23,26)/t10-,11+/m0/s1. The second kappa shape index (κ2) is 7.43. The Morgan fingerprint density at radius 1 is 1.15 bits per heavy atom. The van der Waals surface area contributed by atoms with E-state index in [0.29, 0.717) is 17.8 Å². The lowest BCUT2D eigenvalue weighted by Crippen LogP contribution is -2.21. The Balaban J connectivity index is 1.69. The summed E-state index contributed by atoms with van der Waals surface area (Å²) in [6.45, 7) is 0. The second-order valence-corrected chi connectivity index (χ2v) is 6.90. The Hall–Kier alpha value is -2.44. The summed E-state index contributed by atoms with van der Waals surface area (Å²) in [5.74, 6) is -1.54.